The molecule has 1 aliphatic heterocycles. The highest BCUT2D eigenvalue weighted by Gasteiger charge is 2.32. The third-order valence-corrected chi connectivity index (χ3v) is 4.65. The second-order valence-corrected chi connectivity index (χ2v) is 5.79. The third kappa shape index (κ3) is 2.76. The van der Waals surface area contributed by atoms with E-state index in [0.717, 1.165) is 44.8 Å². The standard InChI is InChI=1S/C16H24N2O2/c1-20-14-5-2-4-13(12-14)17-8-10-18(11-9-17)15-6-3-7-16(15)19/h2,4-5,12,15-16,19H,3,6-11H2,1H3/t15-,16-/m0/s1. The van der Waals surface area contributed by atoms with Gasteiger partial charge in [0.2, 0.25) is 0 Å². The van der Waals surface area contributed by atoms with Gasteiger partial charge in [0.25, 0.3) is 0 Å². The number of anilines is 1. The van der Waals surface area contributed by atoms with Crippen LogP contribution in [0.4, 0.5) is 5.69 Å². The molecule has 0 spiro atoms. The molecule has 1 aromatic rings. The van der Waals surface area contributed by atoms with Crippen LogP contribution in [0.5, 0.6) is 5.75 Å². The minimum absolute atomic E-state index is 0.113. The number of aliphatic hydroxyl groups excluding tert-OH is 1. The molecule has 110 valence electrons. The van der Waals surface area contributed by atoms with E-state index in [0.29, 0.717) is 6.04 Å². The van der Waals surface area contributed by atoms with Crippen molar-refractivity contribution in [3.05, 3.63) is 24.3 Å². The van der Waals surface area contributed by atoms with E-state index in [-0.39, 0.29) is 6.10 Å². The Labute approximate surface area is 120 Å². The fourth-order valence-corrected chi connectivity index (χ4v) is 3.47. The van der Waals surface area contributed by atoms with Crippen molar-refractivity contribution in [2.75, 3.05) is 38.2 Å². The molecule has 0 aromatic heterocycles. The summed E-state index contributed by atoms with van der Waals surface area (Å²) in [7, 11) is 1.71. The second-order valence-electron chi connectivity index (χ2n) is 5.79. The van der Waals surface area contributed by atoms with E-state index in [9.17, 15) is 5.11 Å². The molecule has 0 radical (unpaired) electrons. The molecule has 1 saturated heterocycles. The predicted octanol–water partition coefficient (Wildman–Crippen LogP) is 1.73. The minimum atomic E-state index is -0.113. The summed E-state index contributed by atoms with van der Waals surface area (Å²) in [4.78, 5) is 4.87. The van der Waals surface area contributed by atoms with Gasteiger partial charge in [-0.15, -0.1) is 0 Å². The number of nitrogens with zero attached hydrogens (tertiary/aromatic N) is 2. The van der Waals surface area contributed by atoms with Crippen LogP contribution >= 0.6 is 0 Å². The summed E-state index contributed by atoms with van der Waals surface area (Å²) in [5, 5.41) is 10.0. The van der Waals surface area contributed by atoms with Crippen LogP contribution in [0.3, 0.4) is 0 Å². The van der Waals surface area contributed by atoms with Gasteiger partial charge >= 0.3 is 0 Å². The van der Waals surface area contributed by atoms with Crippen molar-refractivity contribution in [1.82, 2.24) is 4.90 Å². The van der Waals surface area contributed by atoms with Crippen molar-refractivity contribution in [3.63, 3.8) is 0 Å². The Balaban J connectivity index is 1.60. The Morgan fingerprint density at radius 1 is 1.15 bits per heavy atom. The van der Waals surface area contributed by atoms with Gasteiger partial charge in [0, 0.05) is 44.0 Å². The van der Waals surface area contributed by atoms with Gasteiger partial charge in [0.15, 0.2) is 0 Å². The molecule has 4 nitrogen and oxygen atoms in total. The first-order valence-corrected chi connectivity index (χ1v) is 7.59. The number of ether oxygens (including phenoxy) is 1. The number of hydrogen-bond donors (Lipinski definition) is 1. The molecule has 3 rings (SSSR count). The lowest BCUT2D eigenvalue weighted by Gasteiger charge is -2.40. The molecule has 2 aliphatic rings. The number of aliphatic hydroxyl groups is 1. The van der Waals surface area contributed by atoms with Gasteiger partial charge in [-0.2, -0.15) is 0 Å². The highest BCUT2D eigenvalue weighted by Crippen LogP contribution is 2.27. The lowest BCUT2D eigenvalue weighted by molar-refractivity contribution is 0.0671. The van der Waals surface area contributed by atoms with Crippen LogP contribution in [0.15, 0.2) is 24.3 Å². The van der Waals surface area contributed by atoms with E-state index in [4.69, 9.17) is 4.74 Å². The summed E-state index contributed by atoms with van der Waals surface area (Å²) < 4.78 is 5.29. The van der Waals surface area contributed by atoms with Crippen molar-refractivity contribution in [2.45, 2.75) is 31.4 Å². The van der Waals surface area contributed by atoms with E-state index in [1.165, 1.54) is 12.1 Å². The van der Waals surface area contributed by atoms with E-state index in [1.807, 2.05) is 12.1 Å². The number of piperazine rings is 1. The first kappa shape index (κ1) is 13.7. The number of rotatable bonds is 3. The molecule has 1 aliphatic carbocycles. The molecule has 20 heavy (non-hydrogen) atoms. The molecule has 4 heteroatoms. The molecule has 1 aromatic carbocycles. The van der Waals surface area contributed by atoms with Gasteiger partial charge in [0.1, 0.15) is 5.75 Å². The zero-order chi connectivity index (χ0) is 13.9. The van der Waals surface area contributed by atoms with Crippen molar-refractivity contribution in [3.8, 4) is 5.75 Å². The summed E-state index contributed by atoms with van der Waals surface area (Å²) in [5.41, 5.74) is 1.23. The molecule has 0 bridgehead atoms. The SMILES string of the molecule is COc1cccc(N2CCN([C@H]3CCC[C@@H]3O)CC2)c1. The molecule has 1 heterocycles. The second kappa shape index (κ2) is 6.02. The topological polar surface area (TPSA) is 35.9 Å². The molecular weight excluding hydrogens is 252 g/mol. The summed E-state index contributed by atoms with van der Waals surface area (Å²) in [6, 6.07) is 8.65. The highest BCUT2D eigenvalue weighted by atomic mass is 16.5. The van der Waals surface area contributed by atoms with Gasteiger partial charge in [-0.1, -0.05) is 6.07 Å². The fraction of sp³-hybridized carbons (Fsp3) is 0.625. The van der Waals surface area contributed by atoms with Crippen LogP contribution < -0.4 is 9.64 Å². The normalized spacial score (nSPS) is 27.8. The Bertz CT molecular complexity index is 444. The average Bonchev–Trinajstić information content (AvgIpc) is 2.94. The minimum Gasteiger partial charge on any atom is -0.497 e. The largest absolute Gasteiger partial charge is 0.497 e. The summed E-state index contributed by atoms with van der Waals surface area (Å²) in [6.07, 6.45) is 3.18. The zero-order valence-electron chi connectivity index (χ0n) is 12.2. The third-order valence-electron chi connectivity index (χ3n) is 4.65. The summed E-state index contributed by atoms with van der Waals surface area (Å²) >= 11 is 0. The molecule has 0 unspecified atom stereocenters. The maximum Gasteiger partial charge on any atom is 0.120 e. The maximum absolute atomic E-state index is 10.0. The highest BCUT2D eigenvalue weighted by molar-refractivity contribution is 5.51. The maximum atomic E-state index is 10.0. The number of hydrogen-bond acceptors (Lipinski definition) is 4. The summed E-state index contributed by atoms with van der Waals surface area (Å²) in [5.74, 6) is 0.913. The summed E-state index contributed by atoms with van der Waals surface area (Å²) in [6.45, 7) is 4.13. The van der Waals surface area contributed by atoms with Crippen molar-refractivity contribution >= 4 is 5.69 Å². The first-order valence-electron chi connectivity index (χ1n) is 7.59. The van der Waals surface area contributed by atoms with E-state index >= 15 is 0 Å². The quantitative estimate of drug-likeness (QED) is 0.912. The van der Waals surface area contributed by atoms with Crippen LogP contribution in [-0.2, 0) is 0 Å². The molecule has 1 saturated carbocycles. The number of benzene rings is 1. The zero-order valence-corrected chi connectivity index (χ0v) is 12.2. The molecule has 2 atom stereocenters. The Hall–Kier alpha value is -1.26. The van der Waals surface area contributed by atoms with Gasteiger partial charge in [0.05, 0.1) is 13.2 Å². The Kier molecular flexibility index (Phi) is 4.13. The monoisotopic (exact) mass is 276 g/mol. The van der Waals surface area contributed by atoms with Crippen LogP contribution in [0.1, 0.15) is 19.3 Å². The smallest absolute Gasteiger partial charge is 0.120 e. The van der Waals surface area contributed by atoms with Crippen LogP contribution in [0, 0.1) is 0 Å². The van der Waals surface area contributed by atoms with Crippen LogP contribution in [-0.4, -0.2) is 55.4 Å². The Morgan fingerprint density at radius 2 is 1.95 bits per heavy atom. The first-order chi connectivity index (χ1) is 9.78. The van der Waals surface area contributed by atoms with Crippen molar-refractivity contribution < 1.29 is 9.84 Å². The van der Waals surface area contributed by atoms with Crippen LogP contribution in [0.2, 0.25) is 0 Å². The van der Waals surface area contributed by atoms with E-state index in [1.54, 1.807) is 7.11 Å². The van der Waals surface area contributed by atoms with E-state index < -0.39 is 0 Å². The van der Waals surface area contributed by atoms with Crippen LogP contribution in [0.25, 0.3) is 0 Å². The molecule has 2 fully saturated rings. The molecule has 0 amide bonds. The van der Waals surface area contributed by atoms with Gasteiger partial charge < -0.3 is 14.7 Å². The van der Waals surface area contributed by atoms with E-state index in [2.05, 4.69) is 21.9 Å². The molecule has 1 N–H and O–H groups in total. The van der Waals surface area contributed by atoms with Gasteiger partial charge in [-0.25, -0.2) is 0 Å². The Morgan fingerprint density at radius 3 is 2.60 bits per heavy atom. The number of methoxy groups -OCH3 is 1. The lowest BCUT2D eigenvalue weighted by atomic mass is 10.1. The van der Waals surface area contributed by atoms with Crippen molar-refractivity contribution in [2.24, 2.45) is 0 Å². The van der Waals surface area contributed by atoms with Gasteiger partial charge in [-0.3, -0.25) is 4.90 Å². The average molecular weight is 276 g/mol. The van der Waals surface area contributed by atoms with Gasteiger partial charge in [-0.05, 0) is 31.4 Å². The molecular formula is C16H24N2O2. The predicted molar refractivity (Wildman–Crippen MR) is 80.4 cm³/mol. The fourth-order valence-electron chi connectivity index (χ4n) is 3.47. The van der Waals surface area contributed by atoms with Crippen molar-refractivity contribution in [1.29, 1.82) is 0 Å². The lowest BCUT2D eigenvalue weighted by Crippen LogP contribution is -2.52.